The predicted molar refractivity (Wildman–Crippen MR) is 46.6 cm³/mol. The van der Waals surface area contributed by atoms with Gasteiger partial charge in [-0.15, -0.1) is 0 Å². The van der Waals surface area contributed by atoms with Crippen molar-refractivity contribution >= 4 is 0 Å². The first-order valence-electron chi connectivity index (χ1n) is 4.62. The highest BCUT2D eigenvalue weighted by Crippen LogP contribution is 2.22. The molecule has 2 nitrogen and oxygen atoms in total. The number of aliphatic hydroxyl groups is 1. The van der Waals surface area contributed by atoms with Crippen LogP contribution in [0.4, 0.5) is 0 Å². The van der Waals surface area contributed by atoms with E-state index in [4.69, 9.17) is 0 Å². The maximum absolute atomic E-state index is 9.29. The standard InChI is InChI=1S/C9H19NO/c1-3-6-10(2)8-4-5-9(11)7-8/h8-9,11H,3-7H2,1-2H3. The molecular formula is C9H19NO. The van der Waals surface area contributed by atoms with Crippen molar-refractivity contribution in [1.29, 1.82) is 0 Å². The minimum Gasteiger partial charge on any atom is -0.393 e. The summed E-state index contributed by atoms with van der Waals surface area (Å²) >= 11 is 0. The van der Waals surface area contributed by atoms with E-state index in [0.29, 0.717) is 6.04 Å². The lowest BCUT2D eigenvalue weighted by atomic mass is 10.2. The minimum absolute atomic E-state index is 0.0284. The summed E-state index contributed by atoms with van der Waals surface area (Å²) in [6.45, 7) is 3.36. The summed E-state index contributed by atoms with van der Waals surface area (Å²) in [4.78, 5) is 2.37. The van der Waals surface area contributed by atoms with Crippen LogP contribution in [0.1, 0.15) is 32.6 Å². The highest BCUT2D eigenvalue weighted by atomic mass is 16.3. The van der Waals surface area contributed by atoms with E-state index in [0.717, 1.165) is 19.4 Å². The van der Waals surface area contributed by atoms with Gasteiger partial charge in [-0.2, -0.15) is 0 Å². The van der Waals surface area contributed by atoms with Crippen molar-refractivity contribution in [1.82, 2.24) is 4.90 Å². The van der Waals surface area contributed by atoms with E-state index in [9.17, 15) is 5.11 Å². The topological polar surface area (TPSA) is 23.5 Å². The molecular weight excluding hydrogens is 138 g/mol. The molecule has 1 saturated carbocycles. The van der Waals surface area contributed by atoms with Crippen LogP contribution in [-0.4, -0.2) is 35.7 Å². The van der Waals surface area contributed by atoms with Gasteiger partial charge in [0.25, 0.3) is 0 Å². The Hall–Kier alpha value is -0.0800. The normalized spacial score (nSPS) is 31.6. The van der Waals surface area contributed by atoms with Crippen molar-refractivity contribution in [2.75, 3.05) is 13.6 Å². The summed E-state index contributed by atoms with van der Waals surface area (Å²) in [6, 6.07) is 0.643. The zero-order chi connectivity index (χ0) is 8.27. The van der Waals surface area contributed by atoms with Crippen molar-refractivity contribution in [3.05, 3.63) is 0 Å². The first-order chi connectivity index (χ1) is 5.24. The lowest BCUT2D eigenvalue weighted by Gasteiger charge is -2.22. The zero-order valence-corrected chi connectivity index (χ0v) is 7.58. The van der Waals surface area contributed by atoms with Crippen LogP contribution in [0.25, 0.3) is 0 Å². The Kier molecular flexibility index (Phi) is 3.34. The smallest absolute Gasteiger partial charge is 0.0555 e. The van der Waals surface area contributed by atoms with E-state index in [1.54, 1.807) is 0 Å². The number of rotatable bonds is 3. The van der Waals surface area contributed by atoms with Crippen LogP contribution in [-0.2, 0) is 0 Å². The second-order valence-corrected chi connectivity index (χ2v) is 3.60. The third-order valence-electron chi connectivity index (χ3n) is 2.58. The molecule has 2 unspecified atom stereocenters. The largest absolute Gasteiger partial charge is 0.393 e. The molecule has 0 aromatic carbocycles. The molecule has 66 valence electrons. The highest BCUT2D eigenvalue weighted by Gasteiger charge is 2.25. The Morgan fingerprint density at radius 1 is 1.45 bits per heavy atom. The third kappa shape index (κ3) is 2.46. The van der Waals surface area contributed by atoms with E-state index < -0.39 is 0 Å². The Morgan fingerprint density at radius 2 is 2.18 bits per heavy atom. The Bertz CT molecular complexity index is 116. The summed E-state index contributed by atoms with van der Waals surface area (Å²) in [5, 5.41) is 9.29. The first kappa shape index (κ1) is 9.01. The van der Waals surface area contributed by atoms with Crippen molar-refractivity contribution in [3.8, 4) is 0 Å². The Labute approximate surface area is 69.2 Å². The molecule has 2 heteroatoms. The van der Waals surface area contributed by atoms with Gasteiger partial charge in [0.2, 0.25) is 0 Å². The third-order valence-corrected chi connectivity index (χ3v) is 2.58. The van der Waals surface area contributed by atoms with E-state index >= 15 is 0 Å². The fourth-order valence-electron chi connectivity index (χ4n) is 1.87. The van der Waals surface area contributed by atoms with E-state index in [-0.39, 0.29) is 6.10 Å². The van der Waals surface area contributed by atoms with Gasteiger partial charge in [0.05, 0.1) is 6.10 Å². The van der Waals surface area contributed by atoms with Crippen molar-refractivity contribution in [2.24, 2.45) is 0 Å². The molecule has 1 aliphatic rings. The van der Waals surface area contributed by atoms with E-state index in [2.05, 4.69) is 18.9 Å². The van der Waals surface area contributed by atoms with E-state index in [1.165, 1.54) is 12.8 Å². The molecule has 0 saturated heterocycles. The minimum atomic E-state index is -0.0284. The molecule has 0 radical (unpaired) electrons. The highest BCUT2D eigenvalue weighted by molar-refractivity contribution is 4.80. The summed E-state index contributed by atoms with van der Waals surface area (Å²) < 4.78 is 0. The number of hydrogen-bond acceptors (Lipinski definition) is 2. The average molecular weight is 157 g/mol. The van der Waals surface area contributed by atoms with Crippen molar-refractivity contribution < 1.29 is 5.11 Å². The van der Waals surface area contributed by atoms with Gasteiger partial charge >= 0.3 is 0 Å². The fourth-order valence-corrected chi connectivity index (χ4v) is 1.87. The van der Waals surface area contributed by atoms with Crippen molar-refractivity contribution in [3.63, 3.8) is 0 Å². The molecule has 0 aromatic rings. The first-order valence-corrected chi connectivity index (χ1v) is 4.62. The van der Waals surface area contributed by atoms with Crippen molar-refractivity contribution in [2.45, 2.75) is 44.8 Å². The molecule has 0 aliphatic heterocycles. The molecule has 0 amide bonds. The van der Waals surface area contributed by atoms with Crippen LogP contribution in [0.15, 0.2) is 0 Å². The van der Waals surface area contributed by atoms with Crippen LogP contribution < -0.4 is 0 Å². The van der Waals surface area contributed by atoms with Gasteiger partial charge in [-0.05, 0) is 39.3 Å². The second kappa shape index (κ2) is 4.07. The van der Waals surface area contributed by atoms with E-state index in [1.807, 2.05) is 0 Å². The summed E-state index contributed by atoms with van der Waals surface area (Å²) in [7, 11) is 2.16. The van der Waals surface area contributed by atoms with Crippen LogP contribution in [0.3, 0.4) is 0 Å². The molecule has 0 aromatic heterocycles. The Morgan fingerprint density at radius 3 is 2.64 bits per heavy atom. The van der Waals surface area contributed by atoms with Gasteiger partial charge in [0.1, 0.15) is 0 Å². The second-order valence-electron chi connectivity index (χ2n) is 3.60. The van der Waals surface area contributed by atoms with Gasteiger partial charge in [-0.3, -0.25) is 0 Å². The predicted octanol–water partition coefficient (Wildman–Crippen LogP) is 1.24. The number of hydrogen-bond donors (Lipinski definition) is 1. The van der Waals surface area contributed by atoms with Gasteiger partial charge in [0.15, 0.2) is 0 Å². The summed E-state index contributed by atoms with van der Waals surface area (Å²) in [5.74, 6) is 0. The molecule has 1 rings (SSSR count). The number of aliphatic hydroxyl groups excluding tert-OH is 1. The molecule has 1 fully saturated rings. The van der Waals surface area contributed by atoms with Crippen LogP contribution >= 0.6 is 0 Å². The van der Waals surface area contributed by atoms with Gasteiger partial charge in [-0.25, -0.2) is 0 Å². The quantitative estimate of drug-likeness (QED) is 0.666. The lowest BCUT2D eigenvalue weighted by Crippen LogP contribution is -2.30. The molecule has 2 atom stereocenters. The Balaban J connectivity index is 2.25. The molecule has 1 aliphatic carbocycles. The van der Waals surface area contributed by atoms with Gasteiger partial charge < -0.3 is 10.0 Å². The van der Waals surface area contributed by atoms with Gasteiger partial charge in [0, 0.05) is 6.04 Å². The molecule has 0 heterocycles. The summed E-state index contributed by atoms with van der Waals surface area (Å²) in [6.07, 6.45) is 4.34. The van der Waals surface area contributed by atoms with Crippen LogP contribution in [0, 0.1) is 0 Å². The maximum atomic E-state index is 9.29. The maximum Gasteiger partial charge on any atom is 0.0555 e. The molecule has 11 heavy (non-hydrogen) atoms. The summed E-state index contributed by atoms with van der Waals surface area (Å²) in [5.41, 5.74) is 0. The van der Waals surface area contributed by atoms with Crippen LogP contribution in [0.5, 0.6) is 0 Å². The lowest BCUT2D eigenvalue weighted by molar-refractivity contribution is 0.163. The monoisotopic (exact) mass is 157 g/mol. The molecule has 0 spiro atoms. The average Bonchev–Trinajstić information content (AvgIpc) is 2.36. The molecule has 1 N–H and O–H groups in total. The molecule has 0 bridgehead atoms. The fraction of sp³-hybridized carbons (Fsp3) is 1.00. The van der Waals surface area contributed by atoms with Gasteiger partial charge in [-0.1, -0.05) is 6.92 Å². The van der Waals surface area contributed by atoms with Crippen LogP contribution in [0.2, 0.25) is 0 Å². The number of nitrogens with zero attached hydrogens (tertiary/aromatic N) is 1. The SMILES string of the molecule is CCCN(C)C1CCC(O)C1. The zero-order valence-electron chi connectivity index (χ0n) is 7.58.